The van der Waals surface area contributed by atoms with Gasteiger partial charge in [-0.2, -0.15) is 0 Å². The van der Waals surface area contributed by atoms with Gasteiger partial charge in [-0.25, -0.2) is 8.42 Å². The highest BCUT2D eigenvalue weighted by Crippen LogP contribution is 2.33. The molecule has 6 heteroatoms. The number of nitrogens with one attached hydrogen (secondary N) is 1. The average molecular weight is 242 g/mol. The summed E-state index contributed by atoms with van der Waals surface area (Å²) < 4.78 is 30.5. The van der Waals surface area contributed by atoms with Crippen molar-refractivity contribution in [2.45, 2.75) is 25.9 Å². The lowest BCUT2D eigenvalue weighted by molar-refractivity contribution is 0.304. The molecule has 0 unspecified atom stereocenters. The number of rotatable bonds is 4. The predicted molar refractivity (Wildman–Crippen MR) is 61.1 cm³/mol. The van der Waals surface area contributed by atoms with Gasteiger partial charge >= 0.3 is 0 Å². The van der Waals surface area contributed by atoms with Crippen molar-refractivity contribution in [2.24, 2.45) is 0 Å². The van der Waals surface area contributed by atoms with Crippen LogP contribution < -0.4 is 9.46 Å². The van der Waals surface area contributed by atoms with Crippen molar-refractivity contribution in [2.75, 3.05) is 11.0 Å². The molecule has 1 aliphatic rings. The number of anilines is 1. The third kappa shape index (κ3) is 2.85. The summed E-state index contributed by atoms with van der Waals surface area (Å²) in [5.74, 6) is 0.556. The maximum absolute atomic E-state index is 11.2. The smallest absolute Gasteiger partial charge is 0.229 e. The molecule has 88 valence electrons. The van der Waals surface area contributed by atoms with E-state index in [2.05, 4.69) is 9.71 Å². The molecule has 16 heavy (non-hydrogen) atoms. The SMILES string of the molecule is Cc1nccc(OC2CC2)c1NS(C)(=O)=O. The molecule has 0 atom stereocenters. The van der Waals surface area contributed by atoms with E-state index in [9.17, 15) is 8.42 Å². The van der Waals surface area contributed by atoms with Crippen molar-refractivity contribution in [3.63, 3.8) is 0 Å². The molecule has 2 rings (SSSR count). The fraction of sp³-hybridized carbons (Fsp3) is 0.500. The second-order valence-electron chi connectivity index (χ2n) is 3.96. The van der Waals surface area contributed by atoms with Crippen molar-refractivity contribution < 1.29 is 13.2 Å². The number of nitrogens with zero attached hydrogens (tertiary/aromatic N) is 1. The summed E-state index contributed by atoms with van der Waals surface area (Å²) in [6, 6.07) is 1.68. The van der Waals surface area contributed by atoms with Crippen LogP contribution in [-0.4, -0.2) is 25.8 Å². The van der Waals surface area contributed by atoms with E-state index >= 15 is 0 Å². The molecule has 1 aromatic rings. The Morgan fingerprint density at radius 3 is 2.75 bits per heavy atom. The molecule has 1 fully saturated rings. The van der Waals surface area contributed by atoms with Gasteiger partial charge in [-0.3, -0.25) is 9.71 Å². The normalized spacial score (nSPS) is 15.9. The van der Waals surface area contributed by atoms with Crippen LogP contribution in [0.25, 0.3) is 0 Å². The zero-order chi connectivity index (χ0) is 11.8. The lowest BCUT2D eigenvalue weighted by Crippen LogP contribution is -2.13. The van der Waals surface area contributed by atoms with E-state index in [4.69, 9.17) is 4.74 Å². The number of aryl methyl sites for hydroxylation is 1. The summed E-state index contributed by atoms with van der Waals surface area (Å²) in [6.07, 6.45) is 5.00. The standard InChI is InChI=1S/C10H14N2O3S/c1-7-10(12-16(2,13)14)9(5-6-11-7)15-8-3-4-8/h5-6,8,12H,3-4H2,1-2H3. The first-order valence-electron chi connectivity index (χ1n) is 5.06. The monoisotopic (exact) mass is 242 g/mol. The Morgan fingerprint density at radius 2 is 2.19 bits per heavy atom. The van der Waals surface area contributed by atoms with Crippen molar-refractivity contribution in [1.82, 2.24) is 4.98 Å². The molecule has 0 bridgehead atoms. The molecular formula is C10H14N2O3S. The highest BCUT2D eigenvalue weighted by Gasteiger charge is 2.25. The summed E-state index contributed by atoms with van der Waals surface area (Å²) >= 11 is 0. The van der Waals surface area contributed by atoms with Gasteiger partial charge in [0.15, 0.2) is 0 Å². The molecule has 0 saturated heterocycles. The van der Waals surface area contributed by atoms with E-state index in [0.717, 1.165) is 19.1 Å². The van der Waals surface area contributed by atoms with Gasteiger partial charge in [0, 0.05) is 12.3 Å². The Bertz CT molecular complexity index is 495. The highest BCUT2D eigenvalue weighted by atomic mass is 32.2. The molecule has 0 amide bonds. The summed E-state index contributed by atoms with van der Waals surface area (Å²) in [5, 5.41) is 0. The first kappa shape index (κ1) is 11.2. The van der Waals surface area contributed by atoms with Crippen LogP contribution in [0.4, 0.5) is 5.69 Å². The summed E-state index contributed by atoms with van der Waals surface area (Å²) in [4.78, 5) is 4.04. The van der Waals surface area contributed by atoms with Crippen LogP contribution in [0.5, 0.6) is 5.75 Å². The second-order valence-corrected chi connectivity index (χ2v) is 5.71. The van der Waals surface area contributed by atoms with Crippen LogP contribution in [0.15, 0.2) is 12.3 Å². The maximum atomic E-state index is 11.2. The zero-order valence-corrected chi connectivity index (χ0v) is 10.0. The van der Waals surface area contributed by atoms with E-state index in [0.29, 0.717) is 17.1 Å². The molecule has 1 aliphatic carbocycles. The highest BCUT2D eigenvalue weighted by molar-refractivity contribution is 7.92. The number of ether oxygens (including phenoxy) is 1. The minimum absolute atomic E-state index is 0.224. The molecule has 1 aromatic heterocycles. The summed E-state index contributed by atoms with van der Waals surface area (Å²) in [6.45, 7) is 1.74. The zero-order valence-electron chi connectivity index (χ0n) is 9.23. The first-order valence-corrected chi connectivity index (χ1v) is 6.95. The van der Waals surface area contributed by atoms with Crippen molar-refractivity contribution in [1.29, 1.82) is 0 Å². The third-order valence-electron chi connectivity index (χ3n) is 2.21. The maximum Gasteiger partial charge on any atom is 0.229 e. The van der Waals surface area contributed by atoms with Crippen molar-refractivity contribution in [3.8, 4) is 5.75 Å². The molecule has 1 N–H and O–H groups in total. The van der Waals surface area contributed by atoms with Gasteiger partial charge in [0.2, 0.25) is 10.0 Å². The van der Waals surface area contributed by atoms with Gasteiger partial charge in [-0.05, 0) is 19.8 Å². The molecular weight excluding hydrogens is 228 g/mol. The number of sulfonamides is 1. The Morgan fingerprint density at radius 1 is 1.50 bits per heavy atom. The van der Waals surface area contributed by atoms with E-state index in [-0.39, 0.29) is 6.10 Å². The number of hydrogen-bond donors (Lipinski definition) is 1. The third-order valence-corrected chi connectivity index (χ3v) is 2.78. The van der Waals surface area contributed by atoms with Crippen molar-refractivity contribution in [3.05, 3.63) is 18.0 Å². The Labute approximate surface area is 94.9 Å². The largest absolute Gasteiger partial charge is 0.488 e. The van der Waals surface area contributed by atoms with Crippen LogP contribution in [0.2, 0.25) is 0 Å². The molecule has 0 spiro atoms. The topological polar surface area (TPSA) is 68.3 Å². The van der Waals surface area contributed by atoms with Crippen LogP contribution in [0.1, 0.15) is 18.5 Å². The van der Waals surface area contributed by atoms with Crippen LogP contribution in [-0.2, 0) is 10.0 Å². The van der Waals surface area contributed by atoms with Crippen LogP contribution in [0, 0.1) is 6.92 Å². The number of hydrogen-bond acceptors (Lipinski definition) is 4. The Balaban J connectivity index is 2.31. The predicted octanol–water partition coefficient (Wildman–Crippen LogP) is 1.30. The Hall–Kier alpha value is -1.30. The average Bonchev–Trinajstić information content (AvgIpc) is 2.93. The first-order chi connectivity index (χ1) is 7.46. The van der Waals surface area contributed by atoms with Gasteiger partial charge in [0.1, 0.15) is 11.4 Å². The fourth-order valence-electron chi connectivity index (χ4n) is 1.32. The molecule has 0 radical (unpaired) electrons. The summed E-state index contributed by atoms with van der Waals surface area (Å²) in [5.41, 5.74) is 1.06. The van der Waals surface area contributed by atoms with Gasteiger partial charge in [-0.15, -0.1) is 0 Å². The minimum atomic E-state index is -3.31. The summed E-state index contributed by atoms with van der Waals surface area (Å²) in [7, 11) is -3.31. The quantitative estimate of drug-likeness (QED) is 0.864. The van der Waals surface area contributed by atoms with E-state index in [1.807, 2.05) is 0 Å². The Kier molecular flexibility index (Phi) is 2.75. The van der Waals surface area contributed by atoms with Crippen molar-refractivity contribution >= 4 is 15.7 Å². The fourth-order valence-corrected chi connectivity index (χ4v) is 1.94. The van der Waals surface area contributed by atoms with Gasteiger partial charge in [0.05, 0.1) is 18.1 Å². The van der Waals surface area contributed by atoms with E-state index in [1.54, 1.807) is 19.2 Å². The lowest BCUT2D eigenvalue weighted by Gasteiger charge is -2.13. The van der Waals surface area contributed by atoms with Gasteiger partial charge in [-0.1, -0.05) is 0 Å². The number of aromatic nitrogens is 1. The molecule has 0 aromatic carbocycles. The second kappa shape index (κ2) is 3.93. The lowest BCUT2D eigenvalue weighted by atomic mass is 10.3. The molecule has 1 heterocycles. The van der Waals surface area contributed by atoms with Crippen LogP contribution >= 0.6 is 0 Å². The molecule has 1 saturated carbocycles. The van der Waals surface area contributed by atoms with E-state index < -0.39 is 10.0 Å². The van der Waals surface area contributed by atoms with Gasteiger partial charge < -0.3 is 4.74 Å². The van der Waals surface area contributed by atoms with Gasteiger partial charge in [0.25, 0.3) is 0 Å². The molecule has 5 nitrogen and oxygen atoms in total. The minimum Gasteiger partial charge on any atom is -0.488 e. The molecule has 0 aliphatic heterocycles. The van der Waals surface area contributed by atoms with E-state index in [1.165, 1.54) is 0 Å². The van der Waals surface area contributed by atoms with Crippen LogP contribution in [0.3, 0.4) is 0 Å². The number of pyridine rings is 1.